The molecule has 0 unspecified atom stereocenters. The van der Waals surface area contributed by atoms with Gasteiger partial charge in [-0.1, -0.05) is 0 Å². The second-order valence-corrected chi connectivity index (χ2v) is 2.34. The maximum atomic E-state index is 9.98. The summed E-state index contributed by atoms with van der Waals surface area (Å²) >= 11 is 0. The Balaban J connectivity index is 2.52. The highest BCUT2D eigenvalue weighted by Gasteiger charge is 2.50. The van der Waals surface area contributed by atoms with Gasteiger partial charge in [-0.05, 0) is 12.8 Å². The lowest BCUT2D eigenvalue weighted by Crippen LogP contribution is -2.35. The second kappa shape index (κ2) is 1.68. The van der Waals surface area contributed by atoms with E-state index in [1.54, 1.807) is 0 Å². The standard InChI is InChI=1S/C5H8O4/c6-3(4(7)8)5(9)1-2-5/h3,6,9H,1-2H2,(H,7,8)/t3-/m0/s1. The molecule has 0 spiro atoms. The first kappa shape index (κ1) is 6.51. The summed E-state index contributed by atoms with van der Waals surface area (Å²) in [6, 6.07) is 0. The van der Waals surface area contributed by atoms with Gasteiger partial charge in [-0.3, -0.25) is 0 Å². The summed E-state index contributed by atoms with van der Waals surface area (Å²) in [4.78, 5) is 9.98. The summed E-state index contributed by atoms with van der Waals surface area (Å²) in [6.45, 7) is 0. The molecule has 1 aliphatic rings. The number of rotatable bonds is 2. The van der Waals surface area contributed by atoms with Gasteiger partial charge in [-0.25, -0.2) is 4.79 Å². The van der Waals surface area contributed by atoms with Crippen molar-refractivity contribution in [3.63, 3.8) is 0 Å². The summed E-state index contributed by atoms with van der Waals surface area (Å²) in [5.41, 5.74) is -1.31. The van der Waals surface area contributed by atoms with Gasteiger partial charge in [0, 0.05) is 0 Å². The van der Waals surface area contributed by atoms with Crippen LogP contribution >= 0.6 is 0 Å². The van der Waals surface area contributed by atoms with Gasteiger partial charge < -0.3 is 15.3 Å². The number of carbonyl (C=O) groups is 1. The van der Waals surface area contributed by atoms with Crippen LogP contribution in [-0.2, 0) is 4.79 Å². The lowest BCUT2D eigenvalue weighted by Gasteiger charge is -2.09. The molecule has 1 fully saturated rings. The lowest BCUT2D eigenvalue weighted by molar-refractivity contribution is -0.154. The average Bonchev–Trinajstić information content (AvgIpc) is 2.47. The van der Waals surface area contributed by atoms with Crippen LogP contribution in [0, 0.1) is 0 Å². The Labute approximate surface area is 51.7 Å². The van der Waals surface area contributed by atoms with Gasteiger partial charge in [-0.15, -0.1) is 0 Å². The molecule has 0 aliphatic heterocycles. The zero-order valence-electron chi connectivity index (χ0n) is 4.74. The summed E-state index contributed by atoms with van der Waals surface area (Å²) in [6.07, 6.45) is -0.821. The molecular formula is C5H8O4. The minimum atomic E-state index is -1.60. The van der Waals surface area contributed by atoms with E-state index in [9.17, 15) is 4.79 Å². The zero-order valence-corrected chi connectivity index (χ0v) is 4.74. The zero-order chi connectivity index (χ0) is 7.07. The Bertz CT molecular complexity index is 138. The van der Waals surface area contributed by atoms with E-state index in [-0.39, 0.29) is 0 Å². The number of hydrogen-bond donors (Lipinski definition) is 3. The van der Waals surface area contributed by atoms with E-state index in [1.807, 2.05) is 0 Å². The Hall–Kier alpha value is -0.610. The van der Waals surface area contributed by atoms with Gasteiger partial charge in [0.25, 0.3) is 0 Å². The maximum absolute atomic E-state index is 9.98. The van der Waals surface area contributed by atoms with Crippen molar-refractivity contribution in [2.45, 2.75) is 24.5 Å². The van der Waals surface area contributed by atoms with Crippen LogP contribution in [0.4, 0.5) is 0 Å². The summed E-state index contributed by atoms with van der Waals surface area (Å²) in [7, 11) is 0. The quantitative estimate of drug-likeness (QED) is 0.448. The van der Waals surface area contributed by atoms with Crippen LogP contribution in [0.15, 0.2) is 0 Å². The molecule has 4 heteroatoms. The first-order valence-electron chi connectivity index (χ1n) is 2.69. The van der Waals surface area contributed by atoms with Crippen molar-refractivity contribution in [2.75, 3.05) is 0 Å². The Morgan fingerprint density at radius 3 is 2.11 bits per heavy atom. The minimum Gasteiger partial charge on any atom is -0.479 e. The van der Waals surface area contributed by atoms with Crippen molar-refractivity contribution in [1.82, 2.24) is 0 Å². The molecule has 0 radical (unpaired) electrons. The molecule has 0 amide bonds. The van der Waals surface area contributed by atoms with Crippen LogP contribution in [0.25, 0.3) is 0 Å². The predicted octanol–water partition coefficient (Wildman–Crippen LogP) is -1.04. The molecular weight excluding hydrogens is 124 g/mol. The fourth-order valence-electron chi connectivity index (χ4n) is 0.631. The molecule has 0 heterocycles. The van der Waals surface area contributed by atoms with Crippen molar-refractivity contribution < 1.29 is 20.1 Å². The van der Waals surface area contributed by atoms with Crippen molar-refractivity contribution >= 4 is 5.97 Å². The topological polar surface area (TPSA) is 77.8 Å². The predicted molar refractivity (Wildman–Crippen MR) is 27.8 cm³/mol. The molecule has 4 nitrogen and oxygen atoms in total. The first-order chi connectivity index (χ1) is 4.06. The van der Waals surface area contributed by atoms with Gasteiger partial charge in [0.1, 0.15) is 5.60 Å². The van der Waals surface area contributed by atoms with Crippen LogP contribution in [0.5, 0.6) is 0 Å². The smallest absolute Gasteiger partial charge is 0.335 e. The Kier molecular flexibility index (Phi) is 1.22. The van der Waals surface area contributed by atoms with Crippen molar-refractivity contribution in [1.29, 1.82) is 0 Å². The normalized spacial score (nSPS) is 25.1. The molecule has 0 bridgehead atoms. The third-order valence-corrected chi connectivity index (χ3v) is 1.51. The number of hydrogen-bond acceptors (Lipinski definition) is 3. The summed E-state index contributed by atoms with van der Waals surface area (Å²) < 4.78 is 0. The van der Waals surface area contributed by atoms with Gasteiger partial charge in [0.15, 0.2) is 6.10 Å². The largest absolute Gasteiger partial charge is 0.479 e. The first-order valence-corrected chi connectivity index (χ1v) is 2.69. The average molecular weight is 132 g/mol. The Morgan fingerprint density at radius 2 is 2.00 bits per heavy atom. The highest BCUT2D eigenvalue weighted by Crippen LogP contribution is 2.38. The van der Waals surface area contributed by atoms with Crippen LogP contribution in [-0.4, -0.2) is 33.0 Å². The van der Waals surface area contributed by atoms with E-state index in [2.05, 4.69) is 0 Å². The molecule has 52 valence electrons. The number of aliphatic carboxylic acids is 1. The number of aliphatic hydroxyl groups is 2. The van der Waals surface area contributed by atoms with E-state index >= 15 is 0 Å². The van der Waals surface area contributed by atoms with Crippen molar-refractivity contribution in [3.8, 4) is 0 Å². The molecule has 3 N–H and O–H groups in total. The summed E-state index contributed by atoms with van der Waals surface area (Å²) in [5.74, 6) is -1.35. The summed E-state index contributed by atoms with van der Waals surface area (Å²) in [5, 5.41) is 25.8. The van der Waals surface area contributed by atoms with E-state index in [1.165, 1.54) is 0 Å². The Morgan fingerprint density at radius 1 is 1.56 bits per heavy atom. The van der Waals surface area contributed by atoms with Crippen molar-refractivity contribution in [3.05, 3.63) is 0 Å². The van der Waals surface area contributed by atoms with Gasteiger partial charge in [0.05, 0.1) is 0 Å². The van der Waals surface area contributed by atoms with E-state index in [0.29, 0.717) is 12.8 Å². The third-order valence-electron chi connectivity index (χ3n) is 1.51. The SMILES string of the molecule is O=C(O)[C@H](O)C1(O)CC1. The lowest BCUT2D eigenvalue weighted by atomic mass is 10.2. The highest BCUT2D eigenvalue weighted by atomic mass is 16.4. The van der Waals surface area contributed by atoms with Gasteiger partial charge >= 0.3 is 5.97 Å². The fourth-order valence-corrected chi connectivity index (χ4v) is 0.631. The monoisotopic (exact) mass is 132 g/mol. The molecule has 0 aromatic carbocycles. The van der Waals surface area contributed by atoms with Gasteiger partial charge in [-0.2, -0.15) is 0 Å². The number of carboxylic acid groups (broad SMARTS) is 1. The number of carboxylic acids is 1. The van der Waals surface area contributed by atoms with Crippen molar-refractivity contribution in [2.24, 2.45) is 0 Å². The molecule has 1 atom stereocenters. The molecule has 0 aromatic heterocycles. The molecule has 0 aromatic rings. The number of aliphatic hydroxyl groups excluding tert-OH is 1. The van der Waals surface area contributed by atoms with Gasteiger partial charge in [0.2, 0.25) is 0 Å². The third kappa shape index (κ3) is 1.04. The molecule has 9 heavy (non-hydrogen) atoms. The van der Waals surface area contributed by atoms with Crippen LogP contribution in [0.3, 0.4) is 0 Å². The van der Waals surface area contributed by atoms with Crippen LogP contribution in [0.2, 0.25) is 0 Å². The second-order valence-electron chi connectivity index (χ2n) is 2.34. The van der Waals surface area contributed by atoms with Crippen LogP contribution in [0.1, 0.15) is 12.8 Å². The maximum Gasteiger partial charge on any atom is 0.335 e. The molecule has 1 saturated carbocycles. The highest BCUT2D eigenvalue weighted by molar-refractivity contribution is 5.74. The minimum absolute atomic E-state index is 0.389. The fraction of sp³-hybridized carbons (Fsp3) is 0.800. The van der Waals surface area contributed by atoms with Crippen LogP contribution < -0.4 is 0 Å². The molecule has 0 saturated heterocycles. The van der Waals surface area contributed by atoms with E-state index in [0.717, 1.165) is 0 Å². The van der Waals surface area contributed by atoms with E-state index < -0.39 is 17.7 Å². The molecule has 1 aliphatic carbocycles. The van der Waals surface area contributed by atoms with E-state index in [4.69, 9.17) is 15.3 Å². The molecule has 1 rings (SSSR count).